The molecule has 7 heteroatoms. The van der Waals surface area contributed by atoms with E-state index in [2.05, 4.69) is 5.48 Å². The van der Waals surface area contributed by atoms with Crippen LogP contribution < -0.4 is 5.48 Å². The van der Waals surface area contributed by atoms with Gasteiger partial charge in [0.05, 0.1) is 24.3 Å². The summed E-state index contributed by atoms with van der Waals surface area (Å²) in [5.74, 6) is -0.914. The molecule has 1 aliphatic heterocycles. The number of hydrogen-bond donors (Lipinski definition) is 1. The Kier molecular flexibility index (Phi) is 5.62. The number of amides is 3. The van der Waals surface area contributed by atoms with Crippen LogP contribution >= 0.6 is 0 Å². The summed E-state index contributed by atoms with van der Waals surface area (Å²) in [5, 5.41) is 0. The van der Waals surface area contributed by atoms with Crippen LogP contribution in [0.2, 0.25) is 0 Å². The molecule has 1 aromatic rings. The summed E-state index contributed by atoms with van der Waals surface area (Å²) in [6, 6.07) is 6.70. The fraction of sp³-hybridized carbons (Fsp3) is 0.400. The van der Waals surface area contributed by atoms with Gasteiger partial charge in [-0.05, 0) is 18.6 Å². The minimum Gasteiger partial charge on any atom is -0.382 e. The predicted molar refractivity (Wildman–Crippen MR) is 77.0 cm³/mol. The summed E-state index contributed by atoms with van der Waals surface area (Å²) in [7, 11) is 1.53. The number of nitrogens with zero attached hydrogens (tertiary/aromatic N) is 1. The second kappa shape index (κ2) is 7.67. The van der Waals surface area contributed by atoms with Gasteiger partial charge in [0.25, 0.3) is 11.8 Å². The van der Waals surface area contributed by atoms with Crippen LogP contribution in [0.4, 0.5) is 0 Å². The second-order valence-corrected chi connectivity index (χ2v) is 4.78. The SMILES string of the molecule is COCCONC(=O)CCCN1C(=O)c2ccccc2C1=O. The molecule has 1 N–H and O–H groups in total. The molecule has 0 aliphatic carbocycles. The highest BCUT2D eigenvalue weighted by molar-refractivity contribution is 6.21. The Morgan fingerprint density at radius 1 is 1.14 bits per heavy atom. The number of carbonyl (C=O) groups excluding carboxylic acids is 3. The first-order valence-electron chi connectivity index (χ1n) is 7.00. The van der Waals surface area contributed by atoms with Gasteiger partial charge in [-0.2, -0.15) is 0 Å². The third-order valence-corrected chi connectivity index (χ3v) is 3.24. The molecule has 2 rings (SSSR count). The zero-order valence-electron chi connectivity index (χ0n) is 12.3. The van der Waals surface area contributed by atoms with Crippen molar-refractivity contribution in [2.24, 2.45) is 0 Å². The van der Waals surface area contributed by atoms with Gasteiger partial charge in [-0.25, -0.2) is 5.48 Å². The van der Waals surface area contributed by atoms with Gasteiger partial charge in [-0.3, -0.25) is 24.1 Å². The average molecular weight is 306 g/mol. The van der Waals surface area contributed by atoms with Gasteiger partial charge in [0.2, 0.25) is 5.91 Å². The van der Waals surface area contributed by atoms with E-state index >= 15 is 0 Å². The van der Waals surface area contributed by atoms with Gasteiger partial charge >= 0.3 is 0 Å². The van der Waals surface area contributed by atoms with Crippen molar-refractivity contribution < 1.29 is 24.0 Å². The summed E-state index contributed by atoms with van der Waals surface area (Å²) < 4.78 is 4.77. The Hall–Kier alpha value is -2.25. The highest BCUT2D eigenvalue weighted by Gasteiger charge is 2.34. The first-order chi connectivity index (χ1) is 10.6. The van der Waals surface area contributed by atoms with Gasteiger partial charge in [0.1, 0.15) is 0 Å². The molecule has 0 spiro atoms. The topological polar surface area (TPSA) is 84.9 Å². The van der Waals surface area contributed by atoms with Gasteiger partial charge in [-0.1, -0.05) is 12.1 Å². The number of hydroxylamine groups is 1. The molecule has 0 aromatic heterocycles. The largest absolute Gasteiger partial charge is 0.382 e. The van der Waals surface area contributed by atoms with Gasteiger partial charge < -0.3 is 4.74 Å². The van der Waals surface area contributed by atoms with Crippen LogP contribution in [0.3, 0.4) is 0 Å². The van der Waals surface area contributed by atoms with Crippen LogP contribution in [0.1, 0.15) is 33.6 Å². The number of nitrogens with one attached hydrogen (secondary N) is 1. The fourth-order valence-electron chi connectivity index (χ4n) is 2.15. The standard InChI is InChI=1S/C15H18N2O5/c1-21-9-10-22-16-13(18)7-4-8-17-14(19)11-5-2-3-6-12(11)15(17)20/h2-3,5-6H,4,7-10H2,1H3,(H,16,18). The van der Waals surface area contributed by atoms with Gasteiger partial charge in [0.15, 0.2) is 0 Å². The predicted octanol–water partition coefficient (Wildman–Crippen LogP) is 0.757. The lowest BCUT2D eigenvalue weighted by Crippen LogP contribution is -2.32. The van der Waals surface area contributed by atoms with E-state index in [1.54, 1.807) is 24.3 Å². The zero-order valence-corrected chi connectivity index (χ0v) is 12.3. The summed E-state index contributed by atoms with van der Waals surface area (Å²) in [6.45, 7) is 0.855. The van der Waals surface area contributed by atoms with Crippen molar-refractivity contribution in [2.75, 3.05) is 26.9 Å². The normalized spacial score (nSPS) is 13.4. The van der Waals surface area contributed by atoms with Crippen molar-refractivity contribution in [3.8, 4) is 0 Å². The molecule has 0 saturated heterocycles. The lowest BCUT2D eigenvalue weighted by molar-refractivity contribution is -0.134. The van der Waals surface area contributed by atoms with Crippen LogP contribution in [0.5, 0.6) is 0 Å². The van der Waals surface area contributed by atoms with Crippen LogP contribution in [0.25, 0.3) is 0 Å². The third-order valence-electron chi connectivity index (χ3n) is 3.24. The Morgan fingerprint density at radius 3 is 2.36 bits per heavy atom. The van der Waals surface area contributed by atoms with Crippen molar-refractivity contribution >= 4 is 17.7 Å². The Morgan fingerprint density at radius 2 is 1.77 bits per heavy atom. The zero-order chi connectivity index (χ0) is 15.9. The van der Waals surface area contributed by atoms with E-state index in [1.807, 2.05) is 0 Å². The van der Waals surface area contributed by atoms with Crippen LogP contribution in [-0.2, 0) is 14.4 Å². The van der Waals surface area contributed by atoms with E-state index < -0.39 is 0 Å². The van der Waals surface area contributed by atoms with E-state index in [9.17, 15) is 14.4 Å². The molecular weight excluding hydrogens is 288 g/mol. The van der Waals surface area contributed by atoms with Crippen molar-refractivity contribution in [3.05, 3.63) is 35.4 Å². The number of carbonyl (C=O) groups is 3. The summed E-state index contributed by atoms with van der Waals surface area (Å²) in [5.41, 5.74) is 3.11. The van der Waals surface area contributed by atoms with E-state index in [0.717, 1.165) is 0 Å². The van der Waals surface area contributed by atoms with Gasteiger partial charge in [-0.15, -0.1) is 0 Å². The highest BCUT2D eigenvalue weighted by Crippen LogP contribution is 2.22. The lowest BCUT2D eigenvalue weighted by atomic mass is 10.1. The molecule has 0 bridgehead atoms. The molecule has 1 heterocycles. The third kappa shape index (κ3) is 3.69. The number of ether oxygens (including phenoxy) is 1. The van der Waals surface area contributed by atoms with E-state index in [-0.39, 0.29) is 37.3 Å². The summed E-state index contributed by atoms with van der Waals surface area (Å²) >= 11 is 0. The molecule has 0 unspecified atom stereocenters. The number of methoxy groups -OCH3 is 1. The molecule has 1 aromatic carbocycles. The summed E-state index contributed by atoms with van der Waals surface area (Å²) in [6.07, 6.45) is 0.547. The lowest BCUT2D eigenvalue weighted by Gasteiger charge is -2.13. The summed E-state index contributed by atoms with van der Waals surface area (Å²) in [4.78, 5) is 41.7. The van der Waals surface area contributed by atoms with Crippen LogP contribution in [-0.4, -0.2) is 49.5 Å². The maximum Gasteiger partial charge on any atom is 0.261 e. The van der Waals surface area contributed by atoms with E-state index in [0.29, 0.717) is 24.2 Å². The fourth-order valence-corrected chi connectivity index (χ4v) is 2.15. The second-order valence-electron chi connectivity index (χ2n) is 4.78. The van der Waals surface area contributed by atoms with Crippen molar-refractivity contribution in [1.82, 2.24) is 10.4 Å². The molecule has 3 amide bonds. The van der Waals surface area contributed by atoms with E-state index in [1.165, 1.54) is 12.0 Å². The minimum absolute atomic E-state index is 0.167. The number of hydrogen-bond acceptors (Lipinski definition) is 5. The first kappa shape index (κ1) is 16.1. The molecule has 22 heavy (non-hydrogen) atoms. The van der Waals surface area contributed by atoms with Crippen LogP contribution in [0, 0.1) is 0 Å². The van der Waals surface area contributed by atoms with Crippen LogP contribution in [0.15, 0.2) is 24.3 Å². The molecule has 118 valence electrons. The van der Waals surface area contributed by atoms with Crippen molar-refractivity contribution in [1.29, 1.82) is 0 Å². The molecule has 0 fully saturated rings. The quantitative estimate of drug-likeness (QED) is 0.435. The monoisotopic (exact) mass is 306 g/mol. The average Bonchev–Trinajstić information content (AvgIpc) is 2.77. The number of fused-ring (bicyclic) bond motifs is 1. The minimum atomic E-state index is -0.308. The smallest absolute Gasteiger partial charge is 0.261 e. The highest BCUT2D eigenvalue weighted by atomic mass is 16.7. The first-order valence-corrected chi connectivity index (χ1v) is 7.00. The molecule has 7 nitrogen and oxygen atoms in total. The molecule has 0 radical (unpaired) electrons. The number of rotatable bonds is 8. The molecule has 0 atom stereocenters. The Bertz CT molecular complexity index is 538. The van der Waals surface area contributed by atoms with Crippen molar-refractivity contribution in [2.45, 2.75) is 12.8 Å². The molecule has 0 saturated carbocycles. The Balaban J connectivity index is 1.75. The van der Waals surface area contributed by atoms with Crippen molar-refractivity contribution in [3.63, 3.8) is 0 Å². The maximum atomic E-state index is 12.1. The maximum absolute atomic E-state index is 12.1. The molecular formula is C15H18N2O5. The van der Waals surface area contributed by atoms with E-state index in [4.69, 9.17) is 9.57 Å². The van der Waals surface area contributed by atoms with Gasteiger partial charge in [0, 0.05) is 20.1 Å². The Labute approximate surface area is 128 Å². The number of imide groups is 1. The molecule has 1 aliphatic rings. The number of benzene rings is 1.